The van der Waals surface area contributed by atoms with Gasteiger partial charge in [0.2, 0.25) is 5.91 Å². The molecule has 3 aromatic heterocycles. The lowest BCUT2D eigenvalue weighted by Crippen LogP contribution is -2.39. The van der Waals surface area contributed by atoms with Gasteiger partial charge in [0.1, 0.15) is 23.7 Å². The molecule has 0 aliphatic carbocycles. The van der Waals surface area contributed by atoms with Crippen LogP contribution in [0.15, 0.2) is 40.4 Å². The smallest absolute Gasteiger partial charge is 0.406 e. The van der Waals surface area contributed by atoms with Crippen molar-refractivity contribution in [1.29, 1.82) is 0 Å². The Labute approximate surface area is 150 Å². The van der Waals surface area contributed by atoms with Crippen molar-refractivity contribution in [2.24, 2.45) is 7.05 Å². The van der Waals surface area contributed by atoms with Crippen LogP contribution in [0.3, 0.4) is 0 Å². The van der Waals surface area contributed by atoms with Gasteiger partial charge in [-0.05, 0) is 12.1 Å². The van der Waals surface area contributed by atoms with Crippen molar-refractivity contribution in [2.75, 3.05) is 12.3 Å². The number of alkyl halides is 3. The number of hydrogen-bond donors (Lipinski definition) is 0. The molecule has 3 rings (SSSR count). The molecule has 0 fully saturated rings. The molecule has 3 aromatic rings. The third kappa shape index (κ3) is 4.34. The van der Waals surface area contributed by atoms with Crippen LogP contribution in [-0.2, 0) is 18.4 Å². The van der Waals surface area contributed by atoms with Crippen LogP contribution >= 0.6 is 11.8 Å². The first-order valence-electron chi connectivity index (χ1n) is 7.46. The summed E-state index contributed by atoms with van der Waals surface area (Å²) in [5.41, 5.74) is 0.581. The van der Waals surface area contributed by atoms with Crippen LogP contribution in [0, 0.1) is 0 Å². The summed E-state index contributed by atoms with van der Waals surface area (Å²) in [7, 11) is 1.71. The van der Waals surface area contributed by atoms with Gasteiger partial charge in [-0.15, -0.1) is 0 Å². The van der Waals surface area contributed by atoms with Gasteiger partial charge in [0, 0.05) is 7.05 Å². The largest absolute Gasteiger partial charge is 0.467 e. The Morgan fingerprint density at radius 2 is 2.19 bits per heavy atom. The maximum absolute atomic E-state index is 12.8. The van der Waals surface area contributed by atoms with Gasteiger partial charge in [0.25, 0.3) is 0 Å². The summed E-state index contributed by atoms with van der Waals surface area (Å²) >= 11 is 1.04. The van der Waals surface area contributed by atoms with Crippen molar-refractivity contribution < 1.29 is 22.4 Å². The summed E-state index contributed by atoms with van der Waals surface area (Å²) in [6.07, 6.45) is -0.273. The summed E-state index contributed by atoms with van der Waals surface area (Å²) in [5, 5.41) is 5.19. The molecule has 26 heavy (non-hydrogen) atoms. The van der Waals surface area contributed by atoms with E-state index in [1.165, 1.54) is 18.7 Å². The third-order valence-electron chi connectivity index (χ3n) is 3.47. The number of carbonyl (C=O) groups excluding carboxylic acids is 1. The number of halogens is 3. The molecule has 0 radical (unpaired) electrons. The zero-order chi connectivity index (χ0) is 18.7. The molecule has 0 bridgehead atoms. The van der Waals surface area contributed by atoms with Crippen LogP contribution in [-0.4, -0.2) is 49.0 Å². The predicted molar refractivity (Wildman–Crippen MR) is 87.2 cm³/mol. The van der Waals surface area contributed by atoms with Gasteiger partial charge in [0.05, 0.1) is 30.1 Å². The number of carbonyl (C=O) groups is 1. The fourth-order valence-corrected chi connectivity index (χ4v) is 3.18. The highest BCUT2D eigenvalue weighted by molar-refractivity contribution is 8.00. The molecular formula is C15H14F3N5O2S. The molecule has 0 saturated carbocycles. The quantitative estimate of drug-likeness (QED) is 0.480. The van der Waals surface area contributed by atoms with Gasteiger partial charge in [-0.25, -0.2) is 9.97 Å². The summed E-state index contributed by atoms with van der Waals surface area (Å²) in [5.74, 6) is -0.582. The Bertz CT molecular complexity index is 894. The van der Waals surface area contributed by atoms with E-state index in [-0.39, 0.29) is 18.1 Å². The molecule has 0 unspecified atom stereocenters. The van der Waals surface area contributed by atoms with E-state index in [0.717, 1.165) is 11.8 Å². The predicted octanol–water partition coefficient (Wildman–Crippen LogP) is 2.64. The van der Waals surface area contributed by atoms with Crippen molar-refractivity contribution in [2.45, 2.75) is 17.7 Å². The molecule has 138 valence electrons. The number of amides is 1. The maximum atomic E-state index is 12.8. The molecule has 0 aliphatic heterocycles. The monoisotopic (exact) mass is 385 g/mol. The first kappa shape index (κ1) is 18.2. The van der Waals surface area contributed by atoms with Crippen molar-refractivity contribution in [3.63, 3.8) is 0 Å². The Hall–Kier alpha value is -2.56. The van der Waals surface area contributed by atoms with Gasteiger partial charge < -0.3 is 9.32 Å². The number of aromatic nitrogens is 4. The normalized spacial score (nSPS) is 11.8. The zero-order valence-electron chi connectivity index (χ0n) is 13.6. The lowest BCUT2D eigenvalue weighted by atomic mass is 10.3. The molecule has 11 heteroatoms. The molecule has 0 aromatic carbocycles. The fraction of sp³-hybridized carbons (Fsp3) is 0.333. The molecular weight excluding hydrogens is 371 g/mol. The number of fused-ring (bicyclic) bond motifs is 1. The van der Waals surface area contributed by atoms with Crippen LogP contribution in [0.5, 0.6) is 0 Å². The van der Waals surface area contributed by atoms with Crippen molar-refractivity contribution in [1.82, 2.24) is 24.6 Å². The van der Waals surface area contributed by atoms with E-state index in [1.807, 2.05) is 0 Å². The van der Waals surface area contributed by atoms with Crippen molar-refractivity contribution >= 4 is 28.7 Å². The lowest BCUT2D eigenvalue weighted by molar-refractivity contribution is -0.161. The lowest BCUT2D eigenvalue weighted by Gasteiger charge is -2.22. The minimum Gasteiger partial charge on any atom is -0.467 e. The van der Waals surface area contributed by atoms with Gasteiger partial charge in [-0.1, -0.05) is 11.8 Å². The van der Waals surface area contributed by atoms with E-state index in [0.29, 0.717) is 21.0 Å². The standard InChI is InChI=1S/C15H14F3N5O2S/c1-22-13-11(5-21-22)14(20-9-19-13)26-7-12(24)23(8-15(16,17)18)6-10-3-2-4-25-10/h2-5,9H,6-8H2,1H3. The van der Waals surface area contributed by atoms with Gasteiger partial charge >= 0.3 is 6.18 Å². The van der Waals surface area contributed by atoms with Crippen molar-refractivity contribution in [3.8, 4) is 0 Å². The Balaban J connectivity index is 1.72. The van der Waals surface area contributed by atoms with E-state index < -0.39 is 18.6 Å². The highest BCUT2D eigenvalue weighted by Crippen LogP contribution is 2.25. The Morgan fingerprint density at radius 3 is 2.88 bits per heavy atom. The summed E-state index contributed by atoms with van der Waals surface area (Å²) in [4.78, 5) is 21.2. The van der Waals surface area contributed by atoms with Crippen LogP contribution in [0.4, 0.5) is 13.2 Å². The minimum atomic E-state index is -4.50. The molecule has 0 N–H and O–H groups in total. The van der Waals surface area contributed by atoms with E-state index >= 15 is 0 Å². The second-order valence-corrected chi connectivity index (χ2v) is 6.38. The minimum absolute atomic E-state index is 0.197. The summed E-state index contributed by atoms with van der Waals surface area (Å²) in [6.45, 7) is -1.60. The molecule has 0 spiro atoms. The molecule has 7 nitrogen and oxygen atoms in total. The van der Waals surface area contributed by atoms with Gasteiger partial charge in [0.15, 0.2) is 5.65 Å². The fourth-order valence-electron chi connectivity index (χ4n) is 2.32. The van der Waals surface area contributed by atoms with E-state index in [1.54, 1.807) is 24.0 Å². The average Bonchev–Trinajstić information content (AvgIpc) is 3.21. The highest BCUT2D eigenvalue weighted by atomic mass is 32.2. The number of thioether (sulfide) groups is 1. The molecule has 0 saturated heterocycles. The molecule has 0 aliphatic rings. The van der Waals surface area contributed by atoms with Crippen LogP contribution in [0.25, 0.3) is 11.0 Å². The maximum Gasteiger partial charge on any atom is 0.406 e. The van der Waals surface area contributed by atoms with Crippen LogP contribution in [0.1, 0.15) is 5.76 Å². The Morgan fingerprint density at radius 1 is 1.38 bits per heavy atom. The van der Waals surface area contributed by atoms with E-state index in [4.69, 9.17) is 4.42 Å². The van der Waals surface area contributed by atoms with E-state index in [9.17, 15) is 18.0 Å². The Kier molecular flexibility index (Phi) is 5.16. The summed E-state index contributed by atoms with van der Waals surface area (Å²) < 4.78 is 45.0. The van der Waals surface area contributed by atoms with Crippen LogP contribution < -0.4 is 0 Å². The second kappa shape index (κ2) is 7.36. The number of hydrogen-bond acceptors (Lipinski definition) is 6. The molecule has 0 atom stereocenters. The first-order valence-corrected chi connectivity index (χ1v) is 8.44. The number of nitrogens with zero attached hydrogens (tertiary/aromatic N) is 5. The van der Waals surface area contributed by atoms with Crippen LogP contribution in [0.2, 0.25) is 0 Å². The first-order chi connectivity index (χ1) is 12.3. The summed E-state index contributed by atoms with van der Waals surface area (Å²) in [6, 6.07) is 3.08. The average molecular weight is 385 g/mol. The third-order valence-corrected chi connectivity index (χ3v) is 4.46. The zero-order valence-corrected chi connectivity index (χ0v) is 14.4. The topological polar surface area (TPSA) is 77.0 Å². The number of furan rings is 1. The second-order valence-electron chi connectivity index (χ2n) is 5.42. The molecule has 1 amide bonds. The SMILES string of the molecule is Cn1ncc2c(SCC(=O)N(Cc3ccco3)CC(F)(F)F)ncnc21. The number of aryl methyl sites for hydroxylation is 1. The van der Waals surface area contributed by atoms with Gasteiger partial charge in [-0.2, -0.15) is 18.3 Å². The molecule has 3 heterocycles. The van der Waals surface area contributed by atoms with E-state index in [2.05, 4.69) is 15.1 Å². The van der Waals surface area contributed by atoms with Gasteiger partial charge in [-0.3, -0.25) is 9.48 Å². The van der Waals surface area contributed by atoms with Crippen molar-refractivity contribution in [3.05, 3.63) is 36.7 Å². The highest BCUT2D eigenvalue weighted by Gasteiger charge is 2.33. The number of rotatable bonds is 6.